The first-order chi connectivity index (χ1) is 19.3. The lowest BCUT2D eigenvalue weighted by atomic mass is 10.1. The van der Waals surface area contributed by atoms with Gasteiger partial charge >= 0.3 is 0 Å². The summed E-state index contributed by atoms with van der Waals surface area (Å²) < 4.78 is 12.3. The number of aromatic nitrogens is 2. The number of likely N-dealkylation sites (N-methyl/N-ethyl adjacent to an activating group) is 1. The highest BCUT2D eigenvalue weighted by Crippen LogP contribution is 2.26. The first-order valence-corrected chi connectivity index (χ1v) is 13.0. The van der Waals surface area contributed by atoms with Crippen molar-refractivity contribution in [2.75, 3.05) is 53.3 Å². The number of hydrogen-bond acceptors (Lipinski definition) is 6. The Morgan fingerprint density at radius 3 is 2.02 bits per heavy atom. The highest BCUT2D eigenvalue weighted by molar-refractivity contribution is 5.99. The molecule has 1 heterocycles. The molecule has 0 radical (unpaired) electrons. The van der Waals surface area contributed by atoms with Crippen LogP contribution in [0.2, 0.25) is 0 Å². The smallest absolute Gasteiger partial charge is 0.254 e. The molecule has 0 aliphatic rings. The number of amides is 2. The summed E-state index contributed by atoms with van der Waals surface area (Å²) in [5, 5.41) is 2.94. The molecule has 0 unspecified atom stereocenters. The van der Waals surface area contributed by atoms with Gasteiger partial charge in [-0.3, -0.25) is 19.5 Å². The predicted molar refractivity (Wildman–Crippen MR) is 156 cm³/mol. The number of carbonyl (C=O) groups is 2. The minimum Gasteiger partial charge on any atom is -0.497 e. The van der Waals surface area contributed by atoms with Gasteiger partial charge in [-0.15, -0.1) is 0 Å². The van der Waals surface area contributed by atoms with Crippen molar-refractivity contribution in [3.05, 3.63) is 90.1 Å². The summed E-state index contributed by atoms with van der Waals surface area (Å²) in [4.78, 5) is 35.0. The molecule has 0 spiro atoms. The van der Waals surface area contributed by atoms with Crippen LogP contribution in [0.1, 0.15) is 15.9 Å². The third-order valence-corrected chi connectivity index (χ3v) is 6.43. The number of methoxy groups -OCH3 is 2. The van der Waals surface area contributed by atoms with Crippen molar-refractivity contribution in [1.82, 2.24) is 19.4 Å². The molecule has 0 saturated heterocycles. The fraction of sp³-hybridized carbons (Fsp3) is 0.258. The molecule has 4 rings (SSSR count). The van der Waals surface area contributed by atoms with Crippen molar-refractivity contribution in [2.45, 2.75) is 6.92 Å². The van der Waals surface area contributed by atoms with Crippen LogP contribution in [-0.2, 0) is 4.79 Å². The second kappa shape index (κ2) is 12.9. The Hall–Kier alpha value is -4.63. The quantitative estimate of drug-likeness (QED) is 0.301. The van der Waals surface area contributed by atoms with E-state index in [0.717, 1.165) is 22.6 Å². The monoisotopic (exact) mass is 541 g/mol. The van der Waals surface area contributed by atoms with E-state index >= 15 is 0 Å². The van der Waals surface area contributed by atoms with Gasteiger partial charge in [-0.1, -0.05) is 17.7 Å². The third kappa shape index (κ3) is 7.06. The highest BCUT2D eigenvalue weighted by atomic mass is 16.5. The van der Waals surface area contributed by atoms with Crippen molar-refractivity contribution >= 4 is 17.8 Å². The zero-order chi connectivity index (χ0) is 28.6. The predicted octanol–water partition coefficient (Wildman–Crippen LogP) is 4.51. The SMILES string of the molecule is COc1ccc(C(=O)N(CCN(C)C)CC(=O)Nc2nc(-c3ccc(OC)cc3)cn2-c2ccc(C)cc2)cc1. The number of hydrogen-bond donors (Lipinski definition) is 1. The van der Waals surface area contributed by atoms with Crippen molar-refractivity contribution in [3.63, 3.8) is 0 Å². The standard InChI is InChI=1S/C31H35N5O4/c1-22-6-12-25(13-7-22)36-20-28(23-8-14-26(39-4)15-9-23)32-31(36)33-29(37)21-35(19-18-34(2)3)30(38)24-10-16-27(40-5)17-11-24/h6-17,20H,18-19,21H2,1-5H3,(H,32,33,37). The molecule has 0 aliphatic heterocycles. The van der Waals surface area contributed by atoms with E-state index in [2.05, 4.69) is 5.32 Å². The van der Waals surface area contributed by atoms with E-state index in [1.807, 2.05) is 85.2 Å². The van der Waals surface area contributed by atoms with Crippen LogP contribution in [0.15, 0.2) is 79.0 Å². The largest absolute Gasteiger partial charge is 0.497 e. The number of benzene rings is 3. The Bertz CT molecular complexity index is 1430. The topological polar surface area (TPSA) is 88.9 Å². The Labute approximate surface area is 235 Å². The van der Waals surface area contributed by atoms with E-state index in [4.69, 9.17) is 14.5 Å². The average molecular weight is 542 g/mol. The van der Waals surface area contributed by atoms with Crippen molar-refractivity contribution < 1.29 is 19.1 Å². The molecule has 0 atom stereocenters. The van der Waals surface area contributed by atoms with Crippen LogP contribution in [0.5, 0.6) is 11.5 Å². The molecule has 9 heteroatoms. The number of imidazole rings is 1. The summed E-state index contributed by atoms with van der Waals surface area (Å²) in [5.41, 5.74) is 4.03. The van der Waals surface area contributed by atoms with E-state index in [1.54, 1.807) is 43.4 Å². The Morgan fingerprint density at radius 2 is 1.45 bits per heavy atom. The summed E-state index contributed by atoms with van der Waals surface area (Å²) in [5.74, 6) is 1.18. The van der Waals surface area contributed by atoms with Crippen LogP contribution >= 0.6 is 0 Å². The van der Waals surface area contributed by atoms with E-state index < -0.39 is 0 Å². The maximum Gasteiger partial charge on any atom is 0.254 e. The van der Waals surface area contributed by atoms with Crippen LogP contribution < -0.4 is 14.8 Å². The van der Waals surface area contributed by atoms with Gasteiger partial charge in [0.05, 0.1) is 19.9 Å². The lowest BCUT2D eigenvalue weighted by molar-refractivity contribution is -0.117. The molecule has 1 aromatic heterocycles. The number of nitrogens with zero attached hydrogens (tertiary/aromatic N) is 4. The Balaban J connectivity index is 1.60. The number of carbonyl (C=O) groups excluding carboxylic acids is 2. The maximum absolute atomic E-state index is 13.4. The van der Waals surface area contributed by atoms with Gasteiger partial charge in [0.15, 0.2) is 0 Å². The van der Waals surface area contributed by atoms with Crippen molar-refractivity contribution in [1.29, 1.82) is 0 Å². The molecule has 0 bridgehead atoms. The highest BCUT2D eigenvalue weighted by Gasteiger charge is 2.21. The van der Waals surface area contributed by atoms with Gasteiger partial charge < -0.3 is 19.3 Å². The van der Waals surface area contributed by atoms with Crippen molar-refractivity contribution in [3.8, 4) is 28.4 Å². The van der Waals surface area contributed by atoms with Gasteiger partial charge in [0.1, 0.15) is 18.0 Å². The molecule has 2 amide bonds. The molecular formula is C31H35N5O4. The van der Waals surface area contributed by atoms with E-state index in [1.165, 1.54) is 0 Å². The molecule has 40 heavy (non-hydrogen) atoms. The maximum atomic E-state index is 13.4. The van der Waals surface area contributed by atoms with Crippen LogP contribution in [0.25, 0.3) is 16.9 Å². The van der Waals surface area contributed by atoms with Crippen LogP contribution in [0.3, 0.4) is 0 Å². The lowest BCUT2D eigenvalue weighted by Gasteiger charge is -2.24. The molecule has 0 aliphatic carbocycles. The summed E-state index contributed by atoms with van der Waals surface area (Å²) in [7, 11) is 7.05. The second-order valence-corrected chi connectivity index (χ2v) is 9.69. The summed E-state index contributed by atoms with van der Waals surface area (Å²) >= 11 is 0. The minimum absolute atomic E-state index is 0.128. The second-order valence-electron chi connectivity index (χ2n) is 9.69. The molecule has 3 aromatic carbocycles. The fourth-order valence-electron chi connectivity index (χ4n) is 4.10. The lowest BCUT2D eigenvalue weighted by Crippen LogP contribution is -2.41. The average Bonchev–Trinajstić information content (AvgIpc) is 3.38. The number of nitrogens with one attached hydrogen (secondary N) is 1. The van der Waals surface area contributed by atoms with E-state index in [0.29, 0.717) is 36.0 Å². The Morgan fingerprint density at radius 1 is 0.850 bits per heavy atom. The number of anilines is 1. The minimum atomic E-state index is -0.346. The van der Waals surface area contributed by atoms with Gasteiger partial charge in [-0.05, 0) is 81.7 Å². The Kier molecular flexibility index (Phi) is 9.19. The van der Waals surface area contributed by atoms with Gasteiger partial charge in [-0.2, -0.15) is 0 Å². The normalized spacial score (nSPS) is 10.8. The van der Waals surface area contributed by atoms with E-state index in [9.17, 15) is 9.59 Å². The van der Waals surface area contributed by atoms with Crippen LogP contribution in [-0.4, -0.2) is 79.1 Å². The first-order valence-electron chi connectivity index (χ1n) is 13.0. The first kappa shape index (κ1) is 28.4. The molecular weight excluding hydrogens is 506 g/mol. The molecule has 0 fully saturated rings. The summed E-state index contributed by atoms with van der Waals surface area (Å²) in [6.07, 6.45) is 1.88. The fourth-order valence-corrected chi connectivity index (χ4v) is 4.10. The van der Waals surface area contributed by atoms with Gasteiger partial charge in [-0.25, -0.2) is 4.98 Å². The van der Waals surface area contributed by atoms with Crippen LogP contribution in [0, 0.1) is 6.92 Å². The zero-order valence-electron chi connectivity index (χ0n) is 23.5. The van der Waals surface area contributed by atoms with Gasteiger partial charge in [0.2, 0.25) is 11.9 Å². The molecule has 0 saturated carbocycles. The summed E-state index contributed by atoms with van der Waals surface area (Å²) in [6.45, 7) is 2.88. The van der Waals surface area contributed by atoms with Gasteiger partial charge in [0, 0.05) is 36.1 Å². The molecule has 1 N–H and O–H groups in total. The molecule has 4 aromatic rings. The number of ether oxygens (including phenoxy) is 2. The number of rotatable bonds is 11. The summed E-state index contributed by atoms with van der Waals surface area (Å²) in [6, 6.07) is 22.4. The third-order valence-electron chi connectivity index (χ3n) is 6.43. The van der Waals surface area contributed by atoms with Crippen molar-refractivity contribution in [2.24, 2.45) is 0 Å². The van der Waals surface area contributed by atoms with Crippen LogP contribution in [0.4, 0.5) is 5.95 Å². The zero-order valence-corrected chi connectivity index (χ0v) is 23.5. The van der Waals surface area contributed by atoms with Gasteiger partial charge in [0.25, 0.3) is 5.91 Å². The number of aryl methyl sites for hydroxylation is 1. The molecule has 9 nitrogen and oxygen atoms in total. The van der Waals surface area contributed by atoms with E-state index in [-0.39, 0.29) is 18.4 Å². The molecule has 208 valence electrons.